The molecule has 0 aliphatic carbocycles. The normalized spacial score (nSPS) is 19.8. The van der Waals surface area contributed by atoms with Crippen LogP contribution in [0.4, 0.5) is 8.78 Å². The van der Waals surface area contributed by atoms with Gasteiger partial charge in [-0.1, -0.05) is 30.3 Å². The predicted molar refractivity (Wildman–Crippen MR) is 116 cm³/mol. The number of halogens is 2. The fourth-order valence-corrected chi connectivity index (χ4v) is 3.93. The summed E-state index contributed by atoms with van der Waals surface area (Å²) >= 11 is 0. The highest BCUT2D eigenvalue weighted by molar-refractivity contribution is 5.92. The van der Waals surface area contributed by atoms with Gasteiger partial charge in [-0.05, 0) is 48.9 Å². The molecular weight excluding hydrogens is 416 g/mol. The summed E-state index contributed by atoms with van der Waals surface area (Å²) in [6, 6.07) is 11.1. The summed E-state index contributed by atoms with van der Waals surface area (Å²) in [7, 11) is 1.71. The Balaban J connectivity index is 1.61. The summed E-state index contributed by atoms with van der Waals surface area (Å²) in [5.41, 5.74) is 1.28. The summed E-state index contributed by atoms with van der Waals surface area (Å²) in [5, 5.41) is 5.28. The van der Waals surface area contributed by atoms with Gasteiger partial charge in [-0.15, -0.1) is 0 Å². The molecule has 1 saturated heterocycles. The number of hydrogen-bond donors (Lipinski definition) is 2. The van der Waals surface area contributed by atoms with Crippen molar-refractivity contribution >= 4 is 17.7 Å². The van der Waals surface area contributed by atoms with Crippen LogP contribution in [0.3, 0.4) is 0 Å². The molecule has 0 saturated carbocycles. The molecule has 3 rings (SSSR count). The Kier molecular flexibility index (Phi) is 7.56. The van der Waals surface area contributed by atoms with E-state index in [2.05, 4.69) is 10.6 Å². The number of benzene rings is 2. The van der Waals surface area contributed by atoms with E-state index in [0.717, 1.165) is 30.2 Å². The zero-order valence-electron chi connectivity index (χ0n) is 18.1. The Morgan fingerprint density at radius 3 is 2.44 bits per heavy atom. The first kappa shape index (κ1) is 23.4. The lowest BCUT2D eigenvalue weighted by Crippen LogP contribution is -2.52. The Bertz CT molecular complexity index is 963. The monoisotopic (exact) mass is 443 g/mol. The quantitative estimate of drug-likeness (QED) is 0.720. The molecule has 0 radical (unpaired) electrons. The molecule has 1 aliphatic rings. The molecule has 0 spiro atoms. The van der Waals surface area contributed by atoms with Crippen LogP contribution >= 0.6 is 0 Å². The number of carbonyl (C=O) groups excluding carboxylic acids is 3. The third kappa shape index (κ3) is 6.12. The van der Waals surface area contributed by atoms with Crippen LogP contribution in [-0.2, 0) is 20.8 Å². The molecule has 2 aromatic rings. The van der Waals surface area contributed by atoms with Crippen LogP contribution in [0.1, 0.15) is 36.8 Å². The summed E-state index contributed by atoms with van der Waals surface area (Å²) in [4.78, 5) is 39.3. The maximum atomic E-state index is 13.3. The van der Waals surface area contributed by atoms with E-state index in [1.807, 2.05) is 30.3 Å². The molecule has 2 aromatic carbocycles. The second kappa shape index (κ2) is 10.3. The van der Waals surface area contributed by atoms with Crippen molar-refractivity contribution in [3.63, 3.8) is 0 Å². The van der Waals surface area contributed by atoms with Crippen molar-refractivity contribution in [3.05, 3.63) is 71.3 Å². The maximum absolute atomic E-state index is 13.3. The smallest absolute Gasteiger partial charge is 0.244 e. The van der Waals surface area contributed by atoms with Gasteiger partial charge in [-0.2, -0.15) is 0 Å². The average molecular weight is 443 g/mol. The van der Waals surface area contributed by atoms with Gasteiger partial charge in [0.1, 0.15) is 23.7 Å². The van der Waals surface area contributed by atoms with Crippen molar-refractivity contribution in [2.45, 2.75) is 44.2 Å². The molecule has 1 fully saturated rings. The van der Waals surface area contributed by atoms with E-state index in [-0.39, 0.29) is 23.8 Å². The molecule has 3 atom stereocenters. The molecule has 32 heavy (non-hydrogen) atoms. The Morgan fingerprint density at radius 2 is 1.78 bits per heavy atom. The lowest BCUT2D eigenvalue weighted by atomic mass is 9.90. The first-order chi connectivity index (χ1) is 15.2. The first-order valence-electron chi connectivity index (χ1n) is 10.6. The second-order valence-corrected chi connectivity index (χ2v) is 8.20. The van der Waals surface area contributed by atoms with Crippen LogP contribution in [0, 0.1) is 11.6 Å². The first-order valence-corrected chi connectivity index (χ1v) is 10.6. The molecule has 0 unspecified atom stereocenters. The highest BCUT2D eigenvalue weighted by Gasteiger charge is 2.32. The van der Waals surface area contributed by atoms with Crippen molar-refractivity contribution in [1.29, 1.82) is 0 Å². The fourth-order valence-electron chi connectivity index (χ4n) is 3.93. The number of rotatable bonds is 6. The van der Waals surface area contributed by atoms with Crippen LogP contribution in [0.5, 0.6) is 0 Å². The molecule has 170 valence electrons. The topological polar surface area (TPSA) is 78.5 Å². The van der Waals surface area contributed by atoms with Crippen molar-refractivity contribution in [1.82, 2.24) is 15.5 Å². The minimum atomic E-state index is -0.919. The zero-order chi connectivity index (χ0) is 23.3. The number of hydrogen-bond acceptors (Lipinski definition) is 3. The summed E-state index contributed by atoms with van der Waals surface area (Å²) < 4.78 is 26.6. The Hall–Kier alpha value is -3.29. The van der Waals surface area contributed by atoms with Crippen LogP contribution in [0.15, 0.2) is 48.5 Å². The van der Waals surface area contributed by atoms with Crippen molar-refractivity contribution in [3.8, 4) is 0 Å². The second-order valence-electron chi connectivity index (χ2n) is 8.20. The standard InChI is InChI=1S/C24H27F2N3O3/c1-15(27-22(30)12-16-10-19(25)14-20(26)11-16)23(31)28-21-13-18(8-9-29(2)24(21)32)17-6-4-3-5-7-17/h3-7,10-11,14-15,18,21H,8-9,12-13H2,1-2H3,(H,27,30)(H,28,31)/t15-,18-,21-/m0/s1. The van der Waals surface area contributed by atoms with Crippen LogP contribution in [0.25, 0.3) is 0 Å². The summed E-state index contributed by atoms with van der Waals surface area (Å²) in [6.07, 6.45) is 0.977. The molecule has 0 bridgehead atoms. The van der Waals surface area contributed by atoms with E-state index in [1.165, 1.54) is 6.92 Å². The summed E-state index contributed by atoms with van der Waals surface area (Å²) in [5.74, 6) is -2.66. The number of amides is 3. The minimum Gasteiger partial charge on any atom is -0.344 e. The largest absolute Gasteiger partial charge is 0.344 e. The van der Waals surface area contributed by atoms with Gasteiger partial charge < -0.3 is 15.5 Å². The third-order valence-electron chi connectivity index (χ3n) is 5.65. The van der Waals surface area contributed by atoms with Crippen molar-refractivity contribution < 1.29 is 23.2 Å². The summed E-state index contributed by atoms with van der Waals surface area (Å²) in [6.45, 7) is 2.08. The van der Waals surface area contributed by atoms with E-state index in [0.29, 0.717) is 13.0 Å². The van der Waals surface area contributed by atoms with Gasteiger partial charge >= 0.3 is 0 Å². The molecule has 1 aliphatic heterocycles. The molecule has 0 aromatic heterocycles. The predicted octanol–water partition coefficient (Wildman–Crippen LogP) is 2.53. The minimum absolute atomic E-state index is 0.114. The molecule has 2 N–H and O–H groups in total. The number of nitrogens with zero attached hydrogens (tertiary/aromatic N) is 1. The third-order valence-corrected chi connectivity index (χ3v) is 5.65. The number of nitrogens with one attached hydrogen (secondary N) is 2. The van der Waals surface area contributed by atoms with Gasteiger partial charge in [0, 0.05) is 19.7 Å². The van der Waals surface area contributed by atoms with Crippen molar-refractivity contribution in [2.24, 2.45) is 0 Å². The van der Waals surface area contributed by atoms with Crippen molar-refractivity contribution in [2.75, 3.05) is 13.6 Å². The van der Waals surface area contributed by atoms with E-state index in [1.54, 1.807) is 11.9 Å². The highest BCUT2D eigenvalue weighted by Crippen LogP contribution is 2.28. The molecule has 1 heterocycles. The molecule has 8 heteroatoms. The lowest BCUT2D eigenvalue weighted by Gasteiger charge is -2.24. The Morgan fingerprint density at radius 1 is 1.12 bits per heavy atom. The number of likely N-dealkylation sites (N-methyl/N-ethyl adjacent to an activating group) is 1. The van der Waals surface area contributed by atoms with E-state index < -0.39 is 35.5 Å². The molecular formula is C24H27F2N3O3. The number of likely N-dealkylation sites (tertiary alicyclic amines) is 1. The zero-order valence-corrected chi connectivity index (χ0v) is 18.1. The van der Waals surface area contributed by atoms with E-state index >= 15 is 0 Å². The van der Waals surface area contributed by atoms with Gasteiger partial charge in [0.25, 0.3) is 0 Å². The number of carbonyl (C=O) groups is 3. The SMILES string of the molecule is C[C@H](NC(=O)Cc1cc(F)cc(F)c1)C(=O)N[C@H]1C[C@@H](c2ccccc2)CCN(C)C1=O. The van der Waals surface area contributed by atoms with Gasteiger partial charge in [0.15, 0.2) is 0 Å². The van der Waals surface area contributed by atoms with Crippen LogP contribution in [-0.4, -0.2) is 48.3 Å². The van der Waals surface area contributed by atoms with Gasteiger partial charge in [-0.3, -0.25) is 14.4 Å². The Labute approximate surface area is 186 Å². The van der Waals surface area contributed by atoms with Gasteiger partial charge in [0.2, 0.25) is 17.7 Å². The molecule has 3 amide bonds. The van der Waals surface area contributed by atoms with Gasteiger partial charge in [-0.25, -0.2) is 8.78 Å². The highest BCUT2D eigenvalue weighted by atomic mass is 19.1. The van der Waals surface area contributed by atoms with E-state index in [9.17, 15) is 23.2 Å². The maximum Gasteiger partial charge on any atom is 0.244 e. The average Bonchev–Trinajstić information content (AvgIpc) is 2.87. The van der Waals surface area contributed by atoms with Gasteiger partial charge in [0.05, 0.1) is 6.42 Å². The van der Waals surface area contributed by atoms with E-state index in [4.69, 9.17) is 0 Å². The van der Waals surface area contributed by atoms with Crippen LogP contribution in [0.2, 0.25) is 0 Å². The fraction of sp³-hybridized carbons (Fsp3) is 0.375. The molecule has 6 nitrogen and oxygen atoms in total. The lowest BCUT2D eigenvalue weighted by molar-refractivity contribution is -0.135. The van der Waals surface area contributed by atoms with Crippen LogP contribution < -0.4 is 10.6 Å².